The average molecular weight is 378 g/mol. The van der Waals surface area contributed by atoms with E-state index in [0.717, 1.165) is 0 Å². The molecule has 3 aromatic rings. The van der Waals surface area contributed by atoms with Crippen molar-refractivity contribution in [3.05, 3.63) is 66.0 Å². The van der Waals surface area contributed by atoms with E-state index in [2.05, 4.69) is 20.6 Å². The molecule has 0 saturated carbocycles. The highest BCUT2D eigenvalue weighted by atomic mass is 16.5. The first-order valence-corrected chi connectivity index (χ1v) is 8.89. The van der Waals surface area contributed by atoms with Crippen molar-refractivity contribution in [2.45, 2.75) is 13.8 Å². The topological polar surface area (TPSA) is 85.4 Å². The summed E-state index contributed by atoms with van der Waals surface area (Å²) in [7, 11) is 1.59. The highest BCUT2D eigenvalue weighted by Gasteiger charge is 2.14. The van der Waals surface area contributed by atoms with E-state index in [9.17, 15) is 4.79 Å². The van der Waals surface area contributed by atoms with Gasteiger partial charge in [-0.05, 0) is 44.2 Å². The van der Waals surface area contributed by atoms with Crippen molar-refractivity contribution in [2.24, 2.45) is 0 Å². The number of methoxy groups -OCH3 is 1. The van der Waals surface area contributed by atoms with Gasteiger partial charge in [0.05, 0.1) is 25.1 Å². The molecule has 1 amide bonds. The predicted molar refractivity (Wildman–Crippen MR) is 109 cm³/mol. The van der Waals surface area contributed by atoms with Gasteiger partial charge in [-0.1, -0.05) is 24.3 Å². The lowest BCUT2D eigenvalue weighted by molar-refractivity contribution is 0.102. The van der Waals surface area contributed by atoms with Gasteiger partial charge in [0.25, 0.3) is 5.91 Å². The fourth-order valence-corrected chi connectivity index (χ4v) is 2.65. The summed E-state index contributed by atoms with van der Waals surface area (Å²) < 4.78 is 10.9. The molecule has 0 radical (unpaired) electrons. The third kappa shape index (κ3) is 4.56. The van der Waals surface area contributed by atoms with Crippen LogP contribution in [0.2, 0.25) is 0 Å². The predicted octanol–water partition coefficient (Wildman–Crippen LogP) is 4.19. The minimum absolute atomic E-state index is 0.246. The molecule has 28 heavy (non-hydrogen) atoms. The number of rotatable bonds is 7. The Morgan fingerprint density at radius 3 is 2.39 bits per heavy atom. The van der Waals surface area contributed by atoms with Crippen molar-refractivity contribution in [1.29, 1.82) is 0 Å². The van der Waals surface area contributed by atoms with Crippen LogP contribution in [-0.2, 0) is 0 Å². The Hall–Kier alpha value is -3.61. The molecule has 1 heterocycles. The van der Waals surface area contributed by atoms with Crippen LogP contribution in [0.25, 0.3) is 0 Å². The van der Waals surface area contributed by atoms with E-state index in [1.54, 1.807) is 32.2 Å². The number of nitrogens with one attached hydrogen (secondary N) is 2. The third-order valence-electron chi connectivity index (χ3n) is 3.88. The molecule has 7 heteroatoms. The van der Waals surface area contributed by atoms with E-state index in [1.807, 2.05) is 43.3 Å². The molecule has 2 aromatic carbocycles. The maximum Gasteiger partial charge on any atom is 0.274 e. The first kappa shape index (κ1) is 19.2. The van der Waals surface area contributed by atoms with Gasteiger partial charge in [0.2, 0.25) is 5.95 Å². The Kier molecular flexibility index (Phi) is 6.06. The number of hydrogen-bond acceptors (Lipinski definition) is 6. The van der Waals surface area contributed by atoms with E-state index >= 15 is 0 Å². The molecule has 7 nitrogen and oxygen atoms in total. The Morgan fingerprint density at radius 1 is 1.00 bits per heavy atom. The van der Waals surface area contributed by atoms with Gasteiger partial charge in [0.15, 0.2) is 0 Å². The van der Waals surface area contributed by atoms with Crippen molar-refractivity contribution in [3.63, 3.8) is 0 Å². The molecule has 3 rings (SSSR count). The smallest absolute Gasteiger partial charge is 0.274 e. The number of amides is 1. The second-order valence-corrected chi connectivity index (χ2v) is 5.93. The molecule has 0 aliphatic rings. The van der Waals surface area contributed by atoms with Gasteiger partial charge in [-0.3, -0.25) is 4.79 Å². The number of hydrogen-bond donors (Lipinski definition) is 2. The molecular formula is C21H22N4O3. The van der Waals surface area contributed by atoms with Crippen LogP contribution in [0.4, 0.5) is 17.3 Å². The molecule has 1 aromatic heterocycles. The van der Waals surface area contributed by atoms with E-state index in [-0.39, 0.29) is 11.6 Å². The van der Waals surface area contributed by atoms with Crippen molar-refractivity contribution < 1.29 is 14.3 Å². The number of carbonyl (C=O) groups is 1. The van der Waals surface area contributed by atoms with Gasteiger partial charge < -0.3 is 20.1 Å². The molecule has 0 aliphatic carbocycles. The zero-order valence-electron chi connectivity index (χ0n) is 16.0. The number of carbonyl (C=O) groups excluding carboxylic acids is 1. The summed E-state index contributed by atoms with van der Waals surface area (Å²) in [6.07, 6.45) is 0. The van der Waals surface area contributed by atoms with E-state index < -0.39 is 0 Å². The fourth-order valence-electron chi connectivity index (χ4n) is 2.65. The number of para-hydroxylation sites is 4. The van der Waals surface area contributed by atoms with Gasteiger partial charge in [-0.25, -0.2) is 9.97 Å². The van der Waals surface area contributed by atoms with Gasteiger partial charge in [-0.15, -0.1) is 0 Å². The van der Waals surface area contributed by atoms with Crippen LogP contribution in [0.1, 0.15) is 23.1 Å². The quantitative estimate of drug-likeness (QED) is 0.641. The summed E-state index contributed by atoms with van der Waals surface area (Å²) in [5, 5.41) is 5.95. The van der Waals surface area contributed by atoms with Crippen molar-refractivity contribution >= 4 is 23.2 Å². The SMILES string of the molecule is CCOc1ccccc1NC(=O)c1cc(C)nc(Nc2ccccc2OC)n1. The summed E-state index contributed by atoms with van der Waals surface area (Å²) in [6, 6.07) is 16.3. The van der Waals surface area contributed by atoms with Crippen LogP contribution in [0.5, 0.6) is 11.5 Å². The molecule has 0 spiro atoms. The molecule has 0 atom stereocenters. The molecule has 144 valence electrons. The zero-order valence-corrected chi connectivity index (χ0v) is 16.0. The second kappa shape index (κ2) is 8.85. The minimum atomic E-state index is -0.347. The Morgan fingerprint density at radius 2 is 1.68 bits per heavy atom. The fraction of sp³-hybridized carbons (Fsp3) is 0.190. The van der Waals surface area contributed by atoms with Crippen LogP contribution in [0.15, 0.2) is 54.6 Å². The second-order valence-electron chi connectivity index (χ2n) is 5.93. The molecule has 0 fully saturated rings. The monoisotopic (exact) mass is 378 g/mol. The first-order valence-electron chi connectivity index (χ1n) is 8.89. The number of nitrogens with zero attached hydrogens (tertiary/aromatic N) is 2. The number of aryl methyl sites for hydroxylation is 1. The van der Waals surface area contributed by atoms with E-state index in [4.69, 9.17) is 9.47 Å². The standard InChI is InChI=1S/C21H22N4O3/c1-4-28-19-12-8-6-10-16(19)23-20(26)17-13-14(2)22-21(25-17)24-15-9-5-7-11-18(15)27-3/h5-13H,4H2,1-3H3,(H,23,26)(H,22,24,25). The zero-order chi connectivity index (χ0) is 19.9. The van der Waals surface area contributed by atoms with Crippen LogP contribution >= 0.6 is 0 Å². The van der Waals surface area contributed by atoms with Gasteiger partial charge in [0, 0.05) is 5.69 Å². The largest absolute Gasteiger partial charge is 0.495 e. The maximum absolute atomic E-state index is 12.7. The molecule has 0 unspecified atom stereocenters. The van der Waals surface area contributed by atoms with Crippen molar-refractivity contribution in [2.75, 3.05) is 24.4 Å². The molecular weight excluding hydrogens is 356 g/mol. The molecule has 0 aliphatic heterocycles. The lowest BCUT2D eigenvalue weighted by Gasteiger charge is -2.13. The summed E-state index contributed by atoms with van der Waals surface area (Å²) in [5.74, 6) is 1.23. The number of anilines is 3. The van der Waals surface area contributed by atoms with Crippen molar-refractivity contribution in [1.82, 2.24) is 9.97 Å². The summed E-state index contributed by atoms with van der Waals surface area (Å²) in [5.41, 5.74) is 2.21. The maximum atomic E-state index is 12.7. The molecule has 0 bridgehead atoms. The van der Waals surface area contributed by atoms with Crippen LogP contribution in [0, 0.1) is 6.92 Å². The highest BCUT2D eigenvalue weighted by molar-refractivity contribution is 6.03. The third-order valence-corrected chi connectivity index (χ3v) is 3.88. The Labute approximate surface area is 163 Å². The number of ether oxygens (including phenoxy) is 2. The Balaban J connectivity index is 1.84. The van der Waals surface area contributed by atoms with Crippen molar-refractivity contribution in [3.8, 4) is 11.5 Å². The lowest BCUT2D eigenvalue weighted by Crippen LogP contribution is -2.16. The summed E-state index contributed by atoms with van der Waals surface area (Å²) in [6.45, 7) is 4.20. The van der Waals surface area contributed by atoms with Crippen LogP contribution in [0.3, 0.4) is 0 Å². The van der Waals surface area contributed by atoms with Gasteiger partial charge >= 0.3 is 0 Å². The number of benzene rings is 2. The number of aromatic nitrogens is 2. The van der Waals surface area contributed by atoms with Crippen LogP contribution in [-0.4, -0.2) is 29.6 Å². The van der Waals surface area contributed by atoms with Gasteiger partial charge in [0.1, 0.15) is 17.2 Å². The van der Waals surface area contributed by atoms with Gasteiger partial charge in [-0.2, -0.15) is 0 Å². The van der Waals surface area contributed by atoms with E-state index in [0.29, 0.717) is 41.1 Å². The minimum Gasteiger partial charge on any atom is -0.495 e. The average Bonchev–Trinajstić information content (AvgIpc) is 2.69. The summed E-state index contributed by atoms with van der Waals surface area (Å²) >= 11 is 0. The molecule has 0 saturated heterocycles. The normalized spacial score (nSPS) is 10.2. The summed E-state index contributed by atoms with van der Waals surface area (Å²) in [4.78, 5) is 21.4. The molecule has 2 N–H and O–H groups in total. The van der Waals surface area contributed by atoms with E-state index in [1.165, 1.54) is 0 Å². The lowest BCUT2D eigenvalue weighted by atomic mass is 10.2. The Bertz CT molecular complexity index is 975. The van der Waals surface area contributed by atoms with Crippen LogP contribution < -0.4 is 20.1 Å². The first-order chi connectivity index (χ1) is 13.6. The highest BCUT2D eigenvalue weighted by Crippen LogP contribution is 2.26.